The number of ether oxygens (including phenoxy) is 5. The standard InChI is InChI=1S/C24H32N2O6/c1-6-32-19-9-7-17(15-21(19)29-3)24(27)26-13-11-25(12-14-26)16-18-8-10-20(28-2)23(31-5)22(18)30-4/h7-10,15H,6,11-14,16H2,1-5H3. The summed E-state index contributed by atoms with van der Waals surface area (Å²) in [6.07, 6.45) is 0. The molecule has 2 aromatic carbocycles. The summed E-state index contributed by atoms with van der Waals surface area (Å²) in [5, 5.41) is 0. The third-order valence-electron chi connectivity index (χ3n) is 5.55. The summed E-state index contributed by atoms with van der Waals surface area (Å²) in [5.41, 5.74) is 1.61. The van der Waals surface area contributed by atoms with Crippen molar-refractivity contribution in [1.82, 2.24) is 9.80 Å². The van der Waals surface area contributed by atoms with Gasteiger partial charge in [0, 0.05) is 43.9 Å². The monoisotopic (exact) mass is 444 g/mol. The molecule has 0 spiro atoms. The largest absolute Gasteiger partial charge is 0.493 e. The van der Waals surface area contributed by atoms with E-state index in [9.17, 15) is 4.79 Å². The Morgan fingerprint density at radius 1 is 0.812 bits per heavy atom. The van der Waals surface area contributed by atoms with Crippen LogP contribution in [0.1, 0.15) is 22.8 Å². The van der Waals surface area contributed by atoms with E-state index in [-0.39, 0.29) is 5.91 Å². The first-order chi connectivity index (χ1) is 15.6. The molecule has 1 aliphatic rings. The molecule has 174 valence electrons. The van der Waals surface area contributed by atoms with Gasteiger partial charge >= 0.3 is 0 Å². The number of carbonyl (C=O) groups is 1. The van der Waals surface area contributed by atoms with Crippen LogP contribution in [-0.4, -0.2) is 76.9 Å². The zero-order valence-electron chi connectivity index (χ0n) is 19.5. The molecule has 3 rings (SSSR count). The van der Waals surface area contributed by atoms with Crippen molar-refractivity contribution < 1.29 is 28.5 Å². The van der Waals surface area contributed by atoms with E-state index < -0.39 is 0 Å². The molecular formula is C24H32N2O6. The molecule has 0 unspecified atom stereocenters. The first-order valence-electron chi connectivity index (χ1n) is 10.7. The number of hydrogen-bond acceptors (Lipinski definition) is 7. The topological polar surface area (TPSA) is 69.7 Å². The Morgan fingerprint density at radius 2 is 1.47 bits per heavy atom. The summed E-state index contributed by atoms with van der Waals surface area (Å²) in [5.74, 6) is 3.10. The number of piperazine rings is 1. The number of benzene rings is 2. The number of nitrogens with zero attached hydrogens (tertiary/aromatic N) is 2. The zero-order valence-corrected chi connectivity index (χ0v) is 19.5. The van der Waals surface area contributed by atoms with Gasteiger partial charge in [0.2, 0.25) is 5.75 Å². The Morgan fingerprint density at radius 3 is 2.06 bits per heavy atom. The fourth-order valence-electron chi connectivity index (χ4n) is 3.90. The van der Waals surface area contributed by atoms with Gasteiger partial charge in [0.15, 0.2) is 23.0 Å². The summed E-state index contributed by atoms with van der Waals surface area (Å²) in [6.45, 7) is 5.96. The predicted octanol–water partition coefficient (Wildman–Crippen LogP) is 3.08. The molecular weight excluding hydrogens is 412 g/mol. The molecule has 0 bridgehead atoms. The van der Waals surface area contributed by atoms with Gasteiger partial charge in [-0.25, -0.2) is 0 Å². The minimum atomic E-state index is -0.00491. The van der Waals surface area contributed by atoms with Crippen molar-refractivity contribution in [3.63, 3.8) is 0 Å². The maximum absolute atomic E-state index is 13.0. The number of carbonyl (C=O) groups excluding carboxylic acids is 1. The highest BCUT2D eigenvalue weighted by Crippen LogP contribution is 2.40. The minimum absolute atomic E-state index is 0.00491. The van der Waals surface area contributed by atoms with Gasteiger partial charge in [-0.2, -0.15) is 0 Å². The number of rotatable bonds is 9. The van der Waals surface area contributed by atoms with Gasteiger partial charge in [0.05, 0.1) is 35.0 Å². The van der Waals surface area contributed by atoms with Crippen LogP contribution in [0.15, 0.2) is 30.3 Å². The Kier molecular flexibility index (Phi) is 8.05. The van der Waals surface area contributed by atoms with Crippen LogP contribution in [0.2, 0.25) is 0 Å². The third-order valence-corrected chi connectivity index (χ3v) is 5.55. The van der Waals surface area contributed by atoms with Gasteiger partial charge in [-0.3, -0.25) is 9.69 Å². The highest BCUT2D eigenvalue weighted by atomic mass is 16.5. The maximum Gasteiger partial charge on any atom is 0.254 e. The van der Waals surface area contributed by atoms with Crippen LogP contribution >= 0.6 is 0 Å². The van der Waals surface area contributed by atoms with E-state index in [0.717, 1.165) is 18.7 Å². The molecule has 1 amide bonds. The Balaban J connectivity index is 1.65. The fraction of sp³-hybridized carbons (Fsp3) is 0.458. The predicted molar refractivity (Wildman–Crippen MR) is 121 cm³/mol. The van der Waals surface area contributed by atoms with E-state index in [1.165, 1.54) is 0 Å². The SMILES string of the molecule is CCOc1ccc(C(=O)N2CCN(Cc3ccc(OC)c(OC)c3OC)CC2)cc1OC. The number of methoxy groups -OCH3 is 4. The lowest BCUT2D eigenvalue weighted by molar-refractivity contribution is 0.0627. The van der Waals surface area contributed by atoms with Crippen molar-refractivity contribution in [2.45, 2.75) is 13.5 Å². The molecule has 0 atom stereocenters. The van der Waals surface area contributed by atoms with Gasteiger partial charge < -0.3 is 28.6 Å². The van der Waals surface area contributed by atoms with Crippen LogP contribution in [0.4, 0.5) is 0 Å². The van der Waals surface area contributed by atoms with Crippen molar-refractivity contribution in [1.29, 1.82) is 0 Å². The van der Waals surface area contributed by atoms with Crippen LogP contribution < -0.4 is 23.7 Å². The molecule has 1 fully saturated rings. The molecule has 32 heavy (non-hydrogen) atoms. The van der Waals surface area contributed by atoms with Gasteiger partial charge in [0.25, 0.3) is 5.91 Å². The van der Waals surface area contributed by atoms with Crippen molar-refractivity contribution >= 4 is 5.91 Å². The molecule has 8 nitrogen and oxygen atoms in total. The van der Waals surface area contributed by atoms with Gasteiger partial charge in [0.1, 0.15) is 0 Å². The van der Waals surface area contributed by atoms with Crippen molar-refractivity contribution in [3.05, 3.63) is 41.5 Å². The third kappa shape index (κ3) is 5.02. The Hall–Kier alpha value is -3.13. The quantitative estimate of drug-likeness (QED) is 0.589. The van der Waals surface area contributed by atoms with E-state index in [1.807, 2.05) is 24.0 Å². The molecule has 0 saturated carbocycles. The average Bonchev–Trinajstić information content (AvgIpc) is 2.84. The van der Waals surface area contributed by atoms with Gasteiger partial charge in [-0.15, -0.1) is 0 Å². The molecule has 0 N–H and O–H groups in total. The second-order valence-corrected chi connectivity index (χ2v) is 7.36. The molecule has 0 radical (unpaired) electrons. The number of amides is 1. The van der Waals surface area contributed by atoms with E-state index >= 15 is 0 Å². The van der Waals surface area contributed by atoms with Crippen LogP contribution in [-0.2, 0) is 6.54 Å². The summed E-state index contributed by atoms with van der Waals surface area (Å²) in [7, 11) is 6.41. The summed E-state index contributed by atoms with van der Waals surface area (Å²) < 4.78 is 27.4. The summed E-state index contributed by atoms with van der Waals surface area (Å²) >= 11 is 0. The lowest BCUT2D eigenvalue weighted by Gasteiger charge is -2.35. The maximum atomic E-state index is 13.0. The lowest BCUT2D eigenvalue weighted by Crippen LogP contribution is -2.48. The summed E-state index contributed by atoms with van der Waals surface area (Å²) in [6, 6.07) is 9.19. The average molecular weight is 445 g/mol. The molecule has 0 aromatic heterocycles. The second-order valence-electron chi connectivity index (χ2n) is 7.36. The smallest absolute Gasteiger partial charge is 0.254 e. The van der Waals surface area contributed by atoms with Gasteiger partial charge in [-0.1, -0.05) is 6.07 Å². The normalized spacial score (nSPS) is 14.1. The van der Waals surface area contributed by atoms with Crippen molar-refractivity contribution in [3.8, 4) is 28.7 Å². The molecule has 0 aliphatic carbocycles. The van der Waals surface area contributed by atoms with Crippen molar-refractivity contribution in [2.24, 2.45) is 0 Å². The zero-order chi connectivity index (χ0) is 23.1. The molecule has 8 heteroatoms. The minimum Gasteiger partial charge on any atom is -0.493 e. The molecule has 1 saturated heterocycles. The van der Waals surface area contributed by atoms with Crippen molar-refractivity contribution in [2.75, 3.05) is 61.2 Å². The lowest BCUT2D eigenvalue weighted by atomic mass is 10.1. The van der Waals surface area contributed by atoms with E-state index in [2.05, 4.69) is 4.90 Å². The molecule has 1 aliphatic heterocycles. The van der Waals surface area contributed by atoms with Crippen LogP contribution in [0.3, 0.4) is 0 Å². The fourth-order valence-corrected chi connectivity index (χ4v) is 3.90. The highest BCUT2D eigenvalue weighted by molar-refractivity contribution is 5.95. The van der Waals surface area contributed by atoms with E-state index in [0.29, 0.717) is 60.6 Å². The van der Waals surface area contributed by atoms with E-state index in [4.69, 9.17) is 23.7 Å². The molecule has 2 aromatic rings. The Bertz CT molecular complexity index is 925. The van der Waals surface area contributed by atoms with Crippen LogP contribution in [0.5, 0.6) is 28.7 Å². The first-order valence-corrected chi connectivity index (χ1v) is 10.7. The Labute approximate surface area is 189 Å². The highest BCUT2D eigenvalue weighted by Gasteiger charge is 2.25. The van der Waals surface area contributed by atoms with Gasteiger partial charge in [-0.05, 0) is 31.2 Å². The van der Waals surface area contributed by atoms with E-state index in [1.54, 1.807) is 46.6 Å². The summed E-state index contributed by atoms with van der Waals surface area (Å²) in [4.78, 5) is 17.2. The first kappa shape index (κ1) is 23.5. The molecule has 1 heterocycles. The van der Waals surface area contributed by atoms with Crippen LogP contribution in [0, 0.1) is 0 Å². The number of hydrogen-bond donors (Lipinski definition) is 0. The van der Waals surface area contributed by atoms with Crippen LogP contribution in [0.25, 0.3) is 0 Å². The second kappa shape index (κ2) is 10.9.